The molecule has 1 saturated heterocycles. The normalized spacial score (nSPS) is 25.7. The Morgan fingerprint density at radius 3 is 2.44 bits per heavy atom. The molecule has 1 aliphatic heterocycles. The van der Waals surface area contributed by atoms with Crippen LogP contribution in [0.4, 0.5) is 5.69 Å². The van der Waals surface area contributed by atoms with Crippen molar-refractivity contribution in [1.82, 2.24) is 10.2 Å². The monoisotopic (exact) mass is 471 g/mol. The van der Waals surface area contributed by atoms with Gasteiger partial charge < -0.3 is 25.4 Å². The van der Waals surface area contributed by atoms with Crippen molar-refractivity contribution in [3.05, 3.63) is 36.4 Å². The maximum absolute atomic E-state index is 13.7. The van der Waals surface area contributed by atoms with E-state index in [1.165, 1.54) is 0 Å². The Morgan fingerprint density at radius 2 is 1.82 bits per heavy atom. The molecule has 8 heteroatoms. The third kappa shape index (κ3) is 5.43. The van der Waals surface area contributed by atoms with Crippen molar-refractivity contribution >= 4 is 23.4 Å². The van der Waals surface area contributed by atoms with Crippen LogP contribution in [0.5, 0.6) is 5.75 Å². The lowest BCUT2D eigenvalue weighted by atomic mass is 9.68. The summed E-state index contributed by atoms with van der Waals surface area (Å²) in [7, 11) is 3.18. The quantitative estimate of drug-likeness (QED) is 0.340. The highest BCUT2D eigenvalue weighted by molar-refractivity contribution is 6.01. The highest BCUT2D eigenvalue weighted by Gasteiger charge is 2.56. The van der Waals surface area contributed by atoms with Gasteiger partial charge in [-0.25, -0.2) is 0 Å². The first-order valence-electron chi connectivity index (χ1n) is 12.2. The number of methoxy groups -OCH3 is 1. The number of carbonyl (C=O) groups is 3. The summed E-state index contributed by atoms with van der Waals surface area (Å²) in [5.74, 6) is -1.33. The number of likely N-dealkylation sites (tertiary alicyclic amines) is 1. The average Bonchev–Trinajstić information content (AvgIpc) is 3.13. The molecular formula is C26H37N3O5. The molecule has 0 spiro atoms. The Hall–Kier alpha value is -2.87. The molecule has 1 fully saturated rings. The number of carbonyl (C=O) groups excluding carboxylic acids is 3. The lowest BCUT2D eigenvalue weighted by Gasteiger charge is -2.34. The lowest BCUT2D eigenvalue weighted by molar-refractivity contribution is -0.140. The number of nitrogens with one attached hydrogen (secondary N) is 2. The fraction of sp³-hybridized carbons (Fsp3) is 0.577. The minimum atomic E-state index is -0.695. The third-order valence-corrected chi connectivity index (χ3v) is 6.97. The van der Waals surface area contributed by atoms with Gasteiger partial charge in [-0.3, -0.25) is 14.4 Å². The number of anilines is 1. The van der Waals surface area contributed by atoms with Gasteiger partial charge in [-0.05, 0) is 55.9 Å². The molecule has 186 valence electrons. The number of rotatable bonds is 11. The summed E-state index contributed by atoms with van der Waals surface area (Å²) in [5.41, 5.74) is 0.619. The van der Waals surface area contributed by atoms with Crippen molar-refractivity contribution in [2.75, 3.05) is 32.6 Å². The molecule has 1 aromatic carbocycles. The maximum Gasteiger partial charge on any atom is 0.247 e. The number of hydrogen-bond donors (Lipinski definition) is 3. The first-order valence-corrected chi connectivity index (χ1v) is 12.2. The van der Waals surface area contributed by atoms with Crippen molar-refractivity contribution in [3.63, 3.8) is 0 Å². The highest BCUT2D eigenvalue weighted by Crippen LogP contribution is 2.45. The molecule has 1 aromatic rings. The van der Waals surface area contributed by atoms with E-state index in [0.717, 1.165) is 19.3 Å². The van der Waals surface area contributed by atoms with Crippen LogP contribution in [-0.4, -0.2) is 61.1 Å². The molecule has 3 N–H and O–H groups in total. The second-order valence-electron chi connectivity index (χ2n) is 9.06. The van der Waals surface area contributed by atoms with Crippen molar-refractivity contribution in [3.8, 4) is 5.75 Å². The number of hydrogen-bond acceptors (Lipinski definition) is 5. The Morgan fingerprint density at radius 1 is 1.09 bits per heavy atom. The number of aliphatic hydroxyl groups is 1. The highest BCUT2D eigenvalue weighted by atomic mass is 16.5. The van der Waals surface area contributed by atoms with E-state index in [2.05, 4.69) is 17.6 Å². The Kier molecular flexibility index (Phi) is 9.10. The Balaban J connectivity index is 1.91. The first-order chi connectivity index (χ1) is 16.5. The number of unbranched alkanes of at least 4 members (excludes halogenated alkanes) is 2. The van der Waals surface area contributed by atoms with Gasteiger partial charge in [-0.15, -0.1) is 0 Å². The van der Waals surface area contributed by atoms with Crippen LogP contribution >= 0.6 is 0 Å². The molecule has 0 radical (unpaired) electrons. The lowest BCUT2D eigenvalue weighted by Crippen LogP contribution is -2.45. The van der Waals surface area contributed by atoms with E-state index in [-0.39, 0.29) is 36.2 Å². The summed E-state index contributed by atoms with van der Waals surface area (Å²) >= 11 is 0. The maximum atomic E-state index is 13.7. The number of fused-ring (bicyclic) bond motifs is 1. The topological polar surface area (TPSA) is 108 Å². The van der Waals surface area contributed by atoms with Gasteiger partial charge in [0.1, 0.15) is 11.8 Å². The van der Waals surface area contributed by atoms with Gasteiger partial charge >= 0.3 is 0 Å². The molecule has 0 unspecified atom stereocenters. The number of benzene rings is 1. The number of allylic oxidation sites excluding steroid dienone is 1. The predicted octanol–water partition coefficient (Wildman–Crippen LogP) is 2.59. The summed E-state index contributed by atoms with van der Waals surface area (Å²) in [6, 6.07) is 6.36. The zero-order chi connectivity index (χ0) is 24.7. The molecule has 2 aliphatic rings. The summed E-state index contributed by atoms with van der Waals surface area (Å²) in [5, 5.41) is 14.8. The van der Waals surface area contributed by atoms with Gasteiger partial charge in [0.2, 0.25) is 17.7 Å². The van der Waals surface area contributed by atoms with Gasteiger partial charge in [0.05, 0.1) is 18.9 Å². The van der Waals surface area contributed by atoms with Crippen LogP contribution in [0.2, 0.25) is 0 Å². The van der Waals surface area contributed by atoms with E-state index < -0.39 is 17.9 Å². The molecule has 0 bridgehead atoms. The fourth-order valence-corrected chi connectivity index (χ4v) is 5.33. The van der Waals surface area contributed by atoms with E-state index in [1.807, 2.05) is 12.2 Å². The number of nitrogens with zero attached hydrogens (tertiary/aromatic N) is 1. The van der Waals surface area contributed by atoms with Gasteiger partial charge in [0.15, 0.2) is 0 Å². The fourth-order valence-electron chi connectivity index (χ4n) is 5.33. The first kappa shape index (κ1) is 25.7. The standard InChI is InChI=1S/C26H37N3O5/c1-4-8-17-9-14-20-22(21(17)24(31)27-2)26(33)29(15-6-5-7-16-30)23(20)25(32)28-18-10-12-19(34-3)13-11-18/h9-14,17,20-23,30H,4-8,15-16H2,1-3H3,(H,27,31)(H,28,32)/t17-,20+,21-,22+,23+/m1/s1. The van der Waals surface area contributed by atoms with Crippen molar-refractivity contribution < 1.29 is 24.2 Å². The molecule has 3 rings (SSSR count). The summed E-state index contributed by atoms with van der Waals surface area (Å²) in [6.07, 6.45) is 7.82. The van der Waals surface area contributed by atoms with Crippen LogP contribution < -0.4 is 15.4 Å². The molecule has 34 heavy (non-hydrogen) atoms. The van der Waals surface area contributed by atoms with Gasteiger partial charge in [-0.2, -0.15) is 0 Å². The predicted molar refractivity (Wildman–Crippen MR) is 130 cm³/mol. The largest absolute Gasteiger partial charge is 0.497 e. The third-order valence-electron chi connectivity index (χ3n) is 6.97. The van der Waals surface area contributed by atoms with Crippen LogP contribution in [0.1, 0.15) is 39.0 Å². The molecular weight excluding hydrogens is 434 g/mol. The minimum Gasteiger partial charge on any atom is -0.497 e. The van der Waals surface area contributed by atoms with Crippen LogP contribution in [0.15, 0.2) is 36.4 Å². The van der Waals surface area contributed by atoms with Gasteiger partial charge in [0, 0.05) is 31.8 Å². The van der Waals surface area contributed by atoms with E-state index in [9.17, 15) is 14.4 Å². The van der Waals surface area contributed by atoms with Gasteiger partial charge in [-0.1, -0.05) is 25.5 Å². The van der Waals surface area contributed by atoms with E-state index in [0.29, 0.717) is 30.8 Å². The van der Waals surface area contributed by atoms with Crippen LogP contribution in [0.25, 0.3) is 0 Å². The second kappa shape index (κ2) is 12.0. The molecule has 1 heterocycles. The minimum absolute atomic E-state index is 0.0326. The van der Waals surface area contributed by atoms with Crippen molar-refractivity contribution in [2.24, 2.45) is 23.7 Å². The Labute approximate surface area is 201 Å². The van der Waals surface area contributed by atoms with Crippen LogP contribution in [-0.2, 0) is 14.4 Å². The number of ether oxygens (including phenoxy) is 1. The smallest absolute Gasteiger partial charge is 0.247 e. The summed E-state index contributed by atoms with van der Waals surface area (Å²) < 4.78 is 5.18. The van der Waals surface area contributed by atoms with E-state index in [4.69, 9.17) is 9.84 Å². The summed E-state index contributed by atoms with van der Waals surface area (Å²) in [6.45, 7) is 2.58. The number of aliphatic hydroxyl groups excluding tert-OH is 1. The SMILES string of the molecule is CCC[C@@H]1C=C[C@H]2[C@H](C(=O)N(CCCCCO)[C@@H]2C(=O)Nc2ccc(OC)cc2)[C@@H]1C(=O)NC. The number of amides is 3. The summed E-state index contributed by atoms with van der Waals surface area (Å²) in [4.78, 5) is 41.8. The molecule has 0 aromatic heterocycles. The van der Waals surface area contributed by atoms with Crippen molar-refractivity contribution in [2.45, 2.75) is 45.1 Å². The van der Waals surface area contributed by atoms with E-state index in [1.54, 1.807) is 43.3 Å². The van der Waals surface area contributed by atoms with E-state index >= 15 is 0 Å². The van der Waals surface area contributed by atoms with Crippen molar-refractivity contribution in [1.29, 1.82) is 0 Å². The Bertz CT molecular complexity index is 885. The van der Waals surface area contributed by atoms with Crippen LogP contribution in [0, 0.1) is 23.7 Å². The molecule has 0 saturated carbocycles. The average molecular weight is 472 g/mol. The van der Waals surface area contributed by atoms with Crippen LogP contribution in [0.3, 0.4) is 0 Å². The molecule has 5 atom stereocenters. The second-order valence-corrected chi connectivity index (χ2v) is 9.06. The molecule has 3 amide bonds. The zero-order valence-electron chi connectivity index (χ0n) is 20.3. The zero-order valence-corrected chi connectivity index (χ0v) is 20.3. The molecule has 8 nitrogen and oxygen atoms in total. The van der Waals surface area contributed by atoms with Gasteiger partial charge in [0.25, 0.3) is 0 Å². The molecule has 1 aliphatic carbocycles.